The van der Waals surface area contributed by atoms with Crippen LogP contribution in [0.25, 0.3) is 10.9 Å². The average molecular weight is 214 g/mol. The number of H-pyrrole nitrogens is 1. The van der Waals surface area contributed by atoms with Gasteiger partial charge in [0.25, 0.3) is 0 Å². The van der Waals surface area contributed by atoms with E-state index in [4.69, 9.17) is 11.6 Å². The molecule has 2 nitrogen and oxygen atoms in total. The minimum atomic E-state index is 0.215. The van der Waals surface area contributed by atoms with E-state index in [-0.39, 0.29) is 5.75 Å². The predicted octanol–water partition coefficient (Wildman–Crippen LogP) is 3.21. The molecule has 2 aromatic rings. The molecule has 0 saturated carbocycles. The second-order valence-corrected chi connectivity index (χ2v) is 3.43. The van der Waals surface area contributed by atoms with Crippen LogP contribution in [0.4, 0.5) is 4.53 Å². The molecule has 0 aliphatic heterocycles. The fourth-order valence-corrected chi connectivity index (χ4v) is 1.73. The van der Waals surface area contributed by atoms with Gasteiger partial charge >= 0.3 is 0 Å². The van der Waals surface area contributed by atoms with Gasteiger partial charge < -0.3 is 4.98 Å². The largest absolute Gasteiger partial charge is 0.358 e. The zero-order valence-electron chi connectivity index (χ0n) is 7.39. The van der Waals surface area contributed by atoms with Gasteiger partial charge in [-0.25, -0.2) is 0 Å². The standard InChI is InChI=1S/C10H9ClFNO/c11-3-1-7-5-8-2-4-13-10(8)9(6-7)14-12/h2,4-6,13H,1,3H2. The SMILES string of the molecule is FOc1cc(CCCl)cc2cc[nH]c12. The lowest BCUT2D eigenvalue weighted by Crippen LogP contribution is -1.88. The van der Waals surface area contributed by atoms with Gasteiger partial charge in [-0.2, -0.15) is 0 Å². The number of hydrogen-bond acceptors (Lipinski definition) is 1. The monoisotopic (exact) mass is 213 g/mol. The van der Waals surface area contributed by atoms with E-state index in [1.54, 1.807) is 12.3 Å². The van der Waals surface area contributed by atoms with Crippen LogP contribution in [0.5, 0.6) is 5.75 Å². The highest BCUT2D eigenvalue weighted by atomic mass is 35.5. The predicted molar refractivity (Wildman–Crippen MR) is 54.5 cm³/mol. The van der Waals surface area contributed by atoms with E-state index in [0.717, 1.165) is 10.9 Å². The Labute approximate surface area is 85.5 Å². The molecular formula is C10H9ClFNO. The molecule has 0 saturated heterocycles. The number of benzene rings is 1. The van der Waals surface area contributed by atoms with E-state index < -0.39 is 0 Å². The molecule has 1 N–H and O–H groups in total. The van der Waals surface area contributed by atoms with Crippen LogP contribution in [0.15, 0.2) is 24.4 Å². The summed E-state index contributed by atoms with van der Waals surface area (Å²) in [7, 11) is 0. The van der Waals surface area contributed by atoms with Gasteiger partial charge in [-0.15, -0.1) is 11.6 Å². The lowest BCUT2D eigenvalue weighted by atomic mass is 10.1. The van der Waals surface area contributed by atoms with Crippen molar-refractivity contribution in [1.82, 2.24) is 4.98 Å². The molecule has 2 rings (SSSR count). The van der Waals surface area contributed by atoms with Gasteiger partial charge in [-0.3, -0.25) is 4.94 Å². The molecule has 1 aromatic heterocycles. The zero-order chi connectivity index (χ0) is 9.97. The number of aromatic nitrogens is 1. The molecule has 0 amide bonds. The van der Waals surface area contributed by atoms with E-state index >= 15 is 0 Å². The summed E-state index contributed by atoms with van der Waals surface area (Å²) in [5.41, 5.74) is 1.64. The number of rotatable bonds is 3. The van der Waals surface area contributed by atoms with Gasteiger partial charge in [0.2, 0.25) is 0 Å². The van der Waals surface area contributed by atoms with Crippen LogP contribution in [-0.2, 0) is 6.42 Å². The molecule has 1 aromatic carbocycles. The van der Waals surface area contributed by atoms with Crippen LogP contribution >= 0.6 is 11.6 Å². The topological polar surface area (TPSA) is 25.0 Å². The van der Waals surface area contributed by atoms with Crippen molar-refractivity contribution in [2.24, 2.45) is 0 Å². The van der Waals surface area contributed by atoms with E-state index in [1.807, 2.05) is 12.1 Å². The molecular weight excluding hydrogens is 205 g/mol. The van der Waals surface area contributed by atoms with Gasteiger partial charge in [0.1, 0.15) is 0 Å². The van der Waals surface area contributed by atoms with Crippen LogP contribution in [0.1, 0.15) is 5.56 Å². The maximum Gasteiger partial charge on any atom is 0.196 e. The Morgan fingerprint density at radius 2 is 2.29 bits per heavy atom. The molecule has 0 aliphatic rings. The maximum absolute atomic E-state index is 12.2. The first-order chi connectivity index (χ1) is 6.85. The van der Waals surface area contributed by atoms with Crippen LogP contribution in [0, 0.1) is 0 Å². The molecule has 0 atom stereocenters. The van der Waals surface area contributed by atoms with Gasteiger partial charge in [-0.05, 0) is 30.2 Å². The third kappa shape index (κ3) is 1.55. The maximum atomic E-state index is 12.2. The number of aromatic amines is 1. The van der Waals surface area contributed by atoms with Crippen LogP contribution in [0.3, 0.4) is 0 Å². The Morgan fingerprint density at radius 1 is 1.43 bits per heavy atom. The smallest absolute Gasteiger partial charge is 0.196 e. The first-order valence-electron chi connectivity index (χ1n) is 4.29. The van der Waals surface area contributed by atoms with Crippen molar-refractivity contribution in [3.63, 3.8) is 0 Å². The summed E-state index contributed by atoms with van der Waals surface area (Å²) in [5.74, 6) is 0.731. The van der Waals surface area contributed by atoms with Crippen molar-refractivity contribution in [2.75, 3.05) is 5.88 Å². The fraction of sp³-hybridized carbons (Fsp3) is 0.200. The van der Waals surface area contributed by atoms with Crippen molar-refractivity contribution in [1.29, 1.82) is 0 Å². The first kappa shape index (κ1) is 9.34. The minimum absolute atomic E-state index is 0.215. The Balaban J connectivity index is 2.55. The summed E-state index contributed by atoms with van der Waals surface area (Å²) >= 11 is 5.61. The number of alkyl halides is 1. The second-order valence-electron chi connectivity index (χ2n) is 3.05. The Bertz CT molecular complexity index is 441. The van der Waals surface area contributed by atoms with Crippen LogP contribution in [-0.4, -0.2) is 10.9 Å². The summed E-state index contributed by atoms with van der Waals surface area (Å²) in [5, 5.41) is 0.931. The van der Waals surface area contributed by atoms with Gasteiger partial charge in [-0.1, -0.05) is 0 Å². The van der Waals surface area contributed by atoms with Gasteiger partial charge in [0.15, 0.2) is 5.75 Å². The van der Waals surface area contributed by atoms with Crippen molar-refractivity contribution >= 4 is 22.5 Å². The normalized spacial score (nSPS) is 10.7. The number of hydrogen-bond donors (Lipinski definition) is 1. The Morgan fingerprint density at radius 3 is 3.00 bits per heavy atom. The van der Waals surface area contributed by atoms with E-state index in [2.05, 4.69) is 9.93 Å². The molecule has 0 aliphatic carbocycles. The highest BCUT2D eigenvalue weighted by molar-refractivity contribution is 6.18. The summed E-state index contributed by atoms with van der Waals surface area (Å²) in [6.07, 6.45) is 2.46. The van der Waals surface area contributed by atoms with Crippen molar-refractivity contribution in [3.05, 3.63) is 30.0 Å². The number of halogens is 2. The highest BCUT2D eigenvalue weighted by Crippen LogP contribution is 2.27. The molecule has 74 valence electrons. The third-order valence-corrected chi connectivity index (χ3v) is 2.34. The number of aryl methyl sites for hydroxylation is 1. The summed E-state index contributed by atoms with van der Waals surface area (Å²) in [4.78, 5) is 6.71. The molecule has 0 spiro atoms. The molecule has 0 fully saturated rings. The lowest BCUT2D eigenvalue weighted by Gasteiger charge is -2.01. The molecule has 0 radical (unpaired) electrons. The van der Waals surface area contributed by atoms with Crippen LogP contribution in [0.2, 0.25) is 0 Å². The van der Waals surface area contributed by atoms with Crippen molar-refractivity contribution < 1.29 is 9.47 Å². The first-order valence-corrected chi connectivity index (χ1v) is 4.83. The van der Waals surface area contributed by atoms with Crippen molar-refractivity contribution in [2.45, 2.75) is 6.42 Å². The number of nitrogens with one attached hydrogen (secondary N) is 1. The molecule has 4 heteroatoms. The van der Waals surface area contributed by atoms with E-state index in [9.17, 15) is 4.53 Å². The Kier molecular flexibility index (Phi) is 2.59. The lowest BCUT2D eigenvalue weighted by molar-refractivity contribution is -0.00452. The molecule has 0 bridgehead atoms. The third-order valence-electron chi connectivity index (χ3n) is 2.15. The Hall–Kier alpha value is -1.22. The molecule has 1 heterocycles. The van der Waals surface area contributed by atoms with E-state index in [0.29, 0.717) is 17.8 Å². The minimum Gasteiger partial charge on any atom is -0.358 e. The van der Waals surface area contributed by atoms with Crippen LogP contribution < -0.4 is 4.94 Å². The molecule has 0 unspecified atom stereocenters. The van der Waals surface area contributed by atoms with Gasteiger partial charge in [0, 0.05) is 22.0 Å². The summed E-state index contributed by atoms with van der Waals surface area (Å²) in [6, 6.07) is 5.49. The number of fused-ring (bicyclic) bond motifs is 1. The van der Waals surface area contributed by atoms with Crippen molar-refractivity contribution in [3.8, 4) is 5.75 Å². The highest BCUT2D eigenvalue weighted by Gasteiger charge is 2.06. The molecule has 14 heavy (non-hydrogen) atoms. The van der Waals surface area contributed by atoms with E-state index in [1.165, 1.54) is 0 Å². The fourth-order valence-electron chi connectivity index (χ4n) is 1.51. The summed E-state index contributed by atoms with van der Waals surface area (Å²) < 4.78 is 12.2. The van der Waals surface area contributed by atoms with Gasteiger partial charge in [0.05, 0.1) is 5.52 Å². The average Bonchev–Trinajstić information content (AvgIpc) is 2.65. The zero-order valence-corrected chi connectivity index (χ0v) is 8.14. The quantitative estimate of drug-likeness (QED) is 0.779. The second kappa shape index (κ2) is 3.88. The summed E-state index contributed by atoms with van der Waals surface area (Å²) in [6.45, 7) is 0.